The van der Waals surface area contributed by atoms with Gasteiger partial charge in [-0.25, -0.2) is 4.79 Å². The van der Waals surface area contributed by atoms with E-state index in [1.807, 2.05) is 53.1 Å². The third kappa shape index (κ3) is 3.47. The van der Waals surface area contributed by atoms with E-state index in [4.69, 9.17) is 4.42 Å². The molecule has 2 aromatic carbocycles. The van der Waals surface area contributed by atoms with Crippen LogP contribution in [0.25, 0.3) is 22.1 Å². The maximum absolute atomic E-state index is 12.8. The lowest BCUT2D eigenvalue weighted by Crippen LogP contribution is -2.46. The van der Waals surface area contributed by atoms with E-state index in [0.717, 1.165) is 42.7 Å². The maximum Gasteiger partial charge on any atom is 0.344 e. The maximum atomic E-state index is 12.8. The summed E-state index contributed by atoms with van der Waals surface area (Å²) in [7, 11) is 0. The molecule has 0 saturated carbocycles. The Morgan fingerprint density at radius 3 is 2.64 bits per heavy atom. The summed E-state index contributed by atoms with van der Waals surface area (Å²) in [5.74, 6) is 0.788. The molecule has 0 radical (unpaired) electrons. The molecule has 0 amide bonds. The van der Waals surface area contributed by atoms with Gasteiger partial charge in [-0.15, -0.1) is 0 Å². The highest BCUT2D eigenvalue weighted by Gasteiger charge is 2.35. The summed E-state index contributed by atoms with van der Waals surface area (Å²) in [4.78, 5) is 27.4. The number of phenols is 1. The highest BCUT2D eigenvalue weighted by molar-refractivity contribution is 5.85. The summed E-state index contributed by atoms with van der Waals surface area (Å²) in [6, 6.07) is 20.3. The number of hydrogen-bond acceptors (Lipinski definition) is 5. The Morgan fingerprint density at radius 2 is 1.79 bits per heavy atom. The van der Waals surface area contributed by atoms with Crippen molar-refractivity contribution in [1.29, 1.82) is 0 Å². The van der Waals surface area contributed by atoms with Gasteiger partial charge in [0.05, 0.1) is 11.1 Å². The molecule has 2 aliphatic heterocycles. The van der Waals surface area contributed by atoms with Crippen molar-refractivity contribution < 1.29 is 9.52 Å². The summed E-state index contributed by atoms with van der Waals surface area (Å²) >= 11 is 0. The number of aromatic hydroxyl groups is 1. The van der Waals surface area contributed by atoms with Crippen LogP contribution in [-0.4, -0.2) is 27.7 Å². The first-order valence-corrected chi connectivity index (χ1v) is 11.3. The summed E-state index contributed by atoms with van der Waals surface area (Å²) in [6.45, 7) is 2.83. The van der Waals surface area contributed by atoms with Crippen molar-refractivity contribution in [2.24, 2.45) is 5.92 Å². The van der Waals surface area contributed by atoms with E-state index in [0.29, 0.717) is 29.2 Å². The third-order valence-corrected chi connectivity index (χ3v) is 7.00. The van der Waals surface area contributed by atoms with Crippen LogP contribution in [0.15, 0.2) is 80.7 Å². The molecule has 6 heteroatoms. The number of hydrogen-bond donors (Lipinski definition) is 1. The zero-order valence-electron chi connectivity index (χ0n) is 18.1. The number of piperidine rings is 1. The van der Waals surface area contributed by atoms with Gasteiger partial charge in [-0.2, -0.15) is 0 Å². The van der Waals surface area contributed by atoms with Gasteiger partial charge in [0, 0.05) is 49.2 Å². The van der Waals surface area contributed by atoms with Crippen LogP contribution in [0.4, 0.5) is 0 Å². The fraction of sp³-hybridized carbons (Fsp3) is 0.259. The van der Waals surface area contributed by atoms with E-state index < -0.39 is 5.63 Å². The van der Waals surface area contributed by atoms with Crippen molar-refractivity contribution in [2.45, 2.75) is 25.4 Å². The van der Waals surface area contributed by atoms with Gasteiger partial charge in [0.25, 0.3) is 5.56 Å². The number of rotatable bonds is 3. The van der Waals surface area contributed by atoms with Crippen LogP contribution >= 0.6 is 0 Å². The number of fused-ring (bicyclic) bond motifs is 5. The molecule has 2 bridgehead atoms. The van der Waals surface area contributed by atoms with Crippen molar-refractivity contribution in [3.05, 3.63) is 98.8 Å². The van der Waals surface area contributed by atoms with E-state index in [1.54, 1.807) is 18.2 Å². The van der Waals surface area contributed by atoms with E-state index in [1.165, 1.54) is 0 Å². The molecule has 4 aromatic rings. The van der Waals surface area contributed by atoms with Gasteiger partial charge in [-0.1, -0.05) is 36.4 Å². The van der Waals surface area contributed by atoms with E-state index in [2.05, 4.69) is 4.90 Å². The lowest BCUT2D eigenvalue weighted by molar-refractivity contribution is 0.113. The first kappa shape index (κ1) is 20.0. The Hall–Kier alpha value is -3.64. The standard InChI is InChI=1S/C27H24N2O4/c30-24-10-9-19-12-21(18-5-2-1-3-6-18)27(32)33-26(19)22(24)16-28-13-17-11-20(15-28)23-7-4-8-25(31)29(23)14-17/h1-10,12,17,20,30H,11,13-16H2. The number of benzene rings is 2. The van der Waals surface area contributed by atoms with Crippen LogP contribution in [0.2, 0.25) is 0 Å². The lowest BCUT2D eigenvalue weighted by Gasteiger charge is -2.42. The second-order valence-corrected chi connectivity index (χ2v) is 9.19. The predicted molar refractivity (Wildman–Crippen MR) is 126 cm³/mol. The van der Waals surface area contributed by atoms with Crippen LogP contribution in [0.1, 0.15) is 23.6 Å². The Balaban J connectivity index is 1.36. The molecule has 1 N–H and O–H groups in total. The molecular formula is C27H24N2O4. The Labute approximate surface area is 190 Å². The van der Waals surface area contributed by atoms with Crippen molar-refractivity contribution in [2.75, 3.05) is 13.1 Å². The SMILES string of the molecule is O=c1oc2c(CN3CC4CC(C3)c3cccc(=O)n3C4)c(O)ccc2cc1-c1ccccc1. The number of nitrogens with zero attached hydrogens (tertiary/aromatic N) is 2. The first-order valence-electron chi connectivity index (χ1n) is 11.3. The number of aromatic nitrogens is 1. The molecule has 2 atom stereocenters. The first-order chi connectivity index (χ1) is 16.1. The number of likely N-dealkylation sites (tertiary alicyclic amines) is 1. The predicted octanol–water partition coefficient (Wildman–Crippen LogP) is 3.95. The van der Waals surface area contributed by atoms with E-state index in [-0.39, 0.29) is 17.2 Å². The minimum Gasteiger partial charge on any atom is -0.507 e. The fourth-order valence-corrected chi connectivity index (χ4v) is 5.55. The lowest BCUT2D eigenvalue weighted by atomic mass is 9.83. The molecule has 6 rings (SSSR count). The van der Waals surface area contributed by atoms with Gasteiger partial charge < -0.3 is 14.1 Å². The molecule has 166 valence electrons. The second kappa shape index (κ2) is 7.74. The molecule has 6 nitrogen and oxygen atoms in total. The molecule has 4 heterocycles. The smallest absolute Gasteiger partial charge is 0.344 e. The average molecular weight is 440 g/mol. The highest BCUT2D eigenvalue weighted by Crippen LogP contribution is 2.37. The monoisotopic (exact) mass is 440 g/mol. The van der Waals surface area contributed by atoms with Crippen LogP contribution in [0.3, 0.4) is 0 Å². The Morgan fingerprint density at radius 1 is 0.939 bits per heavy atom. The molecule has 0 spiro atoms. The molecule has 2 aliphatic rings. The summed E-state index contributed by atoms with van der Waals surface area (Å²) in [5.41, 5.74) is 3.13. The third-order valence-electron chi connectivity index (χ3n) is 7.00. The van der Waals surface area contributed by atoms with Crippen molar-refractivity contribution in [3.8, 4) is 16.9 Å². The van der Waals surface area contributed by atoms with Crippen LogP contribution in [0.5, 0.6) is 5.75 Å². The minimum atomic E-state index is -0.413. The fourth-order valence-electron chi connectivity index (χ4n) is 5.55. The molecule has 0 aliphatic carbocycles. The zero-order valence-corrected chi connectivity index (χ0v) is 18.1. The van der Waals surface area contributed by atoms with E-state index >= 15 is 0 Å². The highest BCUT2D eigenvalue weighted by atomic mass is 16.4. The van der Waals surface area contributed by atoms with Gasteiger partial charge in [-0.3, -0.25) is 9.69 Å². The molecule has 1 saturated heterocycles. The summed E-state index contributed by atoms with van der Waals surface area (Å²) < 4.78 is 7.69. The Bertz CT molecular complexity index is 1470. The average Bonchev–Trinajstić information content (AvgIpc) is 2.82. The second-order valence-electron chi connectivity index (χ2n) is 9.19. The topological polar surface area (TPSA) is 75.7 Å². The molecular weight excluding hydrogens is 416 g/mol. The molecule has 2 unspecified atom stereocenters. The largest absolute Gasteiger partial charge is 0.507 e. The summed E-state index contributed by atoms with van der Waals surface area (Å²) in [6.07, 6.45) is 1.07. The van der Waals surface area contributed by atoms with Gasteiger partial charge in [-0.05, 0) is 42.2 Å². The molecule has 2 aromatic heterocycles. The van der Waals surface area contributed by atoms with Gasteiger partial charge in [0.15, 0.2) is 0 Å². The quantitative estimate of drug-likeness (QED) is 0.489. The minimum absolute atomic E-state index is 0.0679. The van der Waals surface area contributed by atoms with Crippen LogP contribution < -0.4 is 11.2 Å². The van der Waals surface area contributed by atoms with Crippen molar-refractivity contribution in [1.82, 2.24) is 9.47 Å². The van der Waals surface area contributed by atoms with E-state index in [9.17, 15) is 14.7 Å². The summed E-state index contributed by atoms with van der Waals surface area (Å²) in [5, 5.41) is 11.5. The van der Waals surface area contributed by atoms with Crippen molar-refractivity contribution >= 4 is 11.0 Å². The van der Waals surface area contributed by atoms with Crippen molar-refractivity contribution in [3.63, 3.8) is 0 Å². The van der Waals surface area contributed by atoms with Gasteiger partial charge >= 0.3 is 5.63 Å². The number of phenolic OH excluding ortho intramolecular Hbond substituents is 1. The number of pyridine rings is 1. The normalized spacial score (nSPS) is 20.0. The molecule has 33 heavy (non-hydrogen) atoms. The van der Waals surface area contributed by atoms with Crippen LogP contribution in [-0.2, 0) is 13.1 Å². The van der Waals surface area contributed by atoms with Gasteiger partial charge in [0.1, 0.15) is 11.3 Å². The van der Waals surface area contributed by atoms with Gasteiger partial charge in [0.2, 0.25) is 0 Å². The Kier molecular flexibility index (Phi) is 4.69. The molecule has 1 fully saturated rings. The zero-order chi connectivity index (χ0) is 22.5. The van der Waals surface area contributed by atoms with Crippen LogP contribution in [0, 0.1) is 5.92 Å².